The summed E-state index contributed by atoms with van der Waals surface area (Å²) in [6.45, 7) is 2.22. The Morgan fingerprint density at radius 3 is 2.70 bits per heavy atom. The van der Waals surface area contributed by atoms with Gasteiger partial charge in [0, 0.05) is 57.0 Å². The molecule has 0 amide bonds. The van der Waals surface area contributed by atoms with E-state index in [-0.39, 0.29) is 0 Å². The van der Waals surface area contributed by atoms with Gasteiger partial charge in [0.1, 0.15) is 5.65 Å². The molecule has 0 bridgehead atoms. The largest absolute Gasteiger partial charge is 0.372 e. The zero-order valence-electron chi connectivity index (χ0n) is 17.1. The third kappa shape index (κ3) is 3.37. The molecule has 4 aromatic rings. The summed E-state index contributed by atoms with van der Waals surface area (Å²) in [4.78, 5) is 7.00. The van der Waals surface area contributed by atoms with Crippen LogP contribution in [0.1, 0.15) is 12.8 Å². The van der Waals surface area contributed by atoms with Crippen LogP contribution in [-0.2, 0) is 25.1 Å². The van der Waals surface area contributed by atoms with E-state index in [1.807, 2.05) is 24.7 Å². The van der Waals surface area contributed by atoms with E-state index in [1.165, 1.54) is 18.5 Å². The number of hydrogen-bond donors (Lipinski definition) is 1. The second kappa shape index (κ2) is 7.60. The first-order chi connectivity index (χ1) is 14.6. The van der Waals surface area contributed by atoms with Crippen LogP contribution in [0.4, 0.5) is 11.4 Å². The average Bonchev–Trinajstić information content (AvgIpc) is 3.49. The Hall–Kier alpha value is -3.13. The molecule has 1 saturated heterocycles. The van der Waals surface area contributed by atoms with E-state index in [1.54, 1.807) is 23.1 Å². The molecule has 1 aromatic carbocycles. The zero-order chi connectivity index (χ0) is 20.7. The Kier molecular flexibility index (Phi) is 4.78. The number of nitrogens with zero attached hydrogens (tertiary/aromatic N) is 5. The molecule has 0 spiro atoms. The van der Waals surface area contributed by atoms with E-state index in [9.17, 15) is 4.21 Å². The Labute approximate surface area is 177 Å². The molecule has 4 heterocycles. The second-order valence-corrected chi connectivity index (χ2v) is 8.81. The predicted octanol–water partition coefficient (Wildman–Crippen LogP) is 3.71. The SMILES string of the molecule is Cn1ccc(S(=O)Nc2ccnc3c2c(-c2cccc(N4CCCC4)c2)cn3C)n1. The molecule has 1 fully saturated rings. The minimum atomic E-state index is -1.46. The number of aryl methyl sites for hydroxylation is 2. The van der Waals surface area contributed by atoms with Gasteiger partial charge >= 0.3 is 0 Å². The second-order valence-electron chi connectivity index (χ2n) is 7.65. The fourth-order valence-corrected chi connectivity index (χ4v) is 4.96. The lowest BCUT2D eigenvalue weighted by Crippen LogP contribution is -2.17. The standard InChI is InChI=1S/C22H24N6OS/c1-26-15-18(16-6-5-7-17(14-16)28-11-3-4-12-28)21-19(8-10-23-22(21)26)25-30(29)20-9-13-27(2)24-20/h5-10,13-15H,3-4,11-12H2,1-2H3,(H,23,25). The summed E-state index contributed by atoms with van der Waals surface area (Å²) in [5.74, 6) is 0. The molecule has 30 heavy (non-hydrogen) atoms. The van der Waals surface area contributed by atoms with Crippen molar-refractivity contribution in [2.45, 2.75) is 17.9 Å². The molecule has 3 aromatic heterocycles. The van der Waals surface area contributed by atoms with Crippen LogP contribution in [0, 0.1) is 0 Å². The van der Waals surface area contributed by atoms with Crippen LogP contribution in [-0.4, -0.2) is 36.6 Å². The summed E-state index contributed by atoms with van der Waals surface area (Å²) in [5.41, 5.74) is 5.08. The van der Waals surface area contributed by atoms with Crippen molar-refractivity contribution in [3.05, 3.63) is 55.0 Å². The van der Waals surface area contributed by atoms with Gasteiger partial charge < -0.3 is 9.47 Å². The van der Waals surface area contributed by atoms with Gasteiger partial charge in [-0.2, -0.15) is 5.10 Å². The molecule has 0 aliphatic carbocycles. The van der Waals surface area contributed by atoms with Crippen LogP contribution in [0.25, 0.3) is 22.2 Å². The number of benzene rings is 1. The van der Waals surface area contributed by atoms with Gasteiger partial charge in [-0.05, 0) is 42.7 Å². The molecule has 0 saturated carbocycles. The first-order valence-electron chi connectivity index (χ1n) is 10.1. The van der Waals surface area contributed by atoms with E-state index >= 15 is 0 Å². The molecule has 5 rings (SSSR count). The van der Waals surface area contributed by atoms with Gasteiger partial charge in [0.05, 0.1) is 11.1 Å². The fraction of sp³-hybridized carbons (Fsp3) is 0.273. The quantitative estimate of drug-likeness (QED) is 0.534. The van der Waals surface area contributed by atoms with E-state index in [2.05, 4.69) is 50.2 Å². The van der Waals surface area contributed by atoms with Crippen LogP contribution in [0.3, 0.4) is 0 Å². The van der Waals surface area contributed by atoms with Gasteiger partial charge in [-0.3, -0.25) is 9.40 Å². The number of pyridine rings is 1. The Bertz CT molecular complexity index is 1240. The predicted molar refractivity (Wildman–Crippen MR) is 121 cm³/mol. The van der Waals surface area contributed by atoms with Gasteiger partial charge in [0.25, 0.3) is 0 Å². The van der Waals surface area contributed by atoms with Crippen molar-refractivity contribution in [1.29, 1.82) is 0 Å². The topological polar surface area (TPSA) is 68.0 Å². The van der Waals surface area contributed by atoms with Gasteiger partial charge in [-0.1, -0.05) is 12.1 Å². The van der Waals surface area contributed by atoms with Crippen LogP contribution >= 0.6 is 0 Å². The van der Waals surface area contributed by atoms with Crippen molar-refractivity contribution in [2.75, 3.05) is 22.7 Å². The molecule has 0 radical (unpaired) electrons. The number of rotatable bonds is 5. The van der Waals surface area contributed by atoms with Crippen molar-refractivity contribution in [3.63, 3.8) is 0 Å². The number of fused-ring (bicyclic) bond motifs is 1. The van der Waals surface area contributed by atoms with Crippen molar-refractivity contribution in [2.24, 2.45) is 14.1 Å². The molecule has 1 atom stereocenters. The molecule has 1 unspecified atom stereocenters. The highest BCUT2D eigenvalue weighted by atomic mass is 32.2. The minimum absolute atomic E-state index is 0.496. The van der Waals surface area contributed by atoms with Crippen LogP contribution in [0.5, 0.6) is 0 Å². The highest BCUT2D eigenvalue weighted by molar-refractivity contribution is 7.86. The maximum Gasteiger partial charge on any atom is 0.171 e. The molecule has 1 aliphatic heterocycles. The van der Waals surface area contributed by atoms with E-state index < -0.39 is 11.0 Å². The fourth-order valence-electron chi connectivity index (χ4n) is 4.10. The zero-order valence-corrected chi connectivity index (χ0v) is 17.9. The highest BCUT2D eigenvalue weighted by Gasteiger charge is 2.18. The molecule has 8 heteroatoms. The maximum absolute atomic E-state index is 12.8. The monoisotopic (exact) mass is 420 g/mol. The molecular weight excluding hydrogens is 396 g/mol. The number of nitrogens with one attached hydrogen (secondary N) is 1. The lowest BCUT2D eigenvalue weighted by atomic mass is 10.0. The van der Waals surface area contributed by atoms with Crippen LogP contribution < -0.4 is 9.62 Å². The van der Waals surface area contributed by atoms with Crippen molar-refractivity contribution < 1.29 is 4.21 Å². The molecule has 7 nitrogen and oxygen atoms in total. The number of anilines is 2. The summed E-state index contributed by atoms with van der Waals surface area (Å²) in [5, 5.41) is 5.71. The van der Waals surface area contributed by atoms with Gasteiger partial charge in [0.2, 0.25) is 0 Å². The normalized spacial score (nSPS) is 15.1. The lowest BCUT2D eigenvalue weighted by Gasteiger charge is -2.18. The third-order valence-corrected chi connectivity index (χ3v) is 6.57. The Morgan fingerprint density at radius 1 is 1.10 bits per heavy atom. The van der Waals surface area contributed by atoms with Crippen molar-refractivity contribution in [3.8, 4) is 11.1 Å². The first-order valence-corrected chi connectivity index (χ1v) is 11.2. The van der Waals surface area contributed by atoms with Crippen LogP contribution in [0.15, 0.2) is 60.0 Å². The van der Waals surface area contributed by atoms with Crippen LogP contribution in [0.2, 0.25) is 0 Å². The molecule has 154 valence electrons. The van der Waals surface area contributed by atoms with Gasteiger partial charge in [0.15, 0.2) is 16.0 Å². The van der Waals surface area contributed by atoms with Crippen molar-refractivity contribution >= 4 is 33.4 Å². The summed E-state index contributed by atoms with van der Waals surface area (Å²) in [6.07, 6.45) is 8.11. The summed E-state index contributed by atoms with van der Waals surface area (Å²) < 4.78 is 19.6. The van der Waals surface area contributed by atoms with E-state index in [4.69, 9.17) is 0 Å². The van der Waals surface area contributed by atoms with E-state index in [0.717, 1.165) is 40.9 Å². The summed E-state index contributed by atoms with van der Waals surface area (Å²) in [7, 11) is 2.34. The van der Waals surface area contributed by atoms with E-state index in [0.29, 0.717) is 5.03 Å². The maximum atomic E-state index is 12.8. The Morgan fingerprint density at radius 2 is 1.93 bits per heavy atom. The third-order valence-electron chi connectivity index (χ3n) is 5.57. The summed E-state index contributed by atoms with van der Waals surface area (Å²) in [6, 6.07) is 12.3. The average molecular weight is 421 g/mol. The number of hydrogen-bond acceptors (Lipinski definition) is 4. The Balaban J connectivity index is 1.58. The minimum Gasteiger partial charge on any atom is -0.372 e. The first kappa shape index (κ1) is 18.9. The molecule has 1 aliphatic rings. The summed E-state index contributed by atoms with van der Waals surface area (Å²) >= 11 is 0. The van der Waals surface area contributed by atoms with Gasteiger partial charge in [-0.25, -0.2) is 9.19 Å². The lowest BCUT2D eigenvalue weighted by molar-refractivity contribution is 0.675. The van der Waals surface area contributed by atoms with Gasteiger partial charge in [-0.15, -0.1) is 0 Å². The molecule has 1 N–H and O–H groups in total. The smallest absolute Gasteiger partial charge is 0.171 e. The molecular formula is C22H24N6OS. The van der Waals surface area contributed by atoms with Crippen molar-refractivity contribution in [1.82, 2.24) is 19.3 Å². The highest BCUT2D eigenvalue weighted by Crippen LogP contribution is 2.36. The number of aromatic nitrogens is 4.